The van der Waals surface area contributed by atoms with Crippen molar-refractivity contribution in [1.29, 1.82) is 0 Å². The van der Waals surface area contributed by atoms with Crippen LogP contribution >= 0.6 is 0 Å². The minimum atomic E-state index is -0.320. The first-order valence-corrected chi connectivity index (χ1v) is 12.1. The van der Waals surface area contributed by atoms with E-state index in [0.717, 1.165) is 49.0 Å². The third-order valence-electron chi connectivity index (χ3n) is 7.42. The number of aliphatic hydroxyl groups excluding tert-OH is 2. The predicted molar refractivity (Wildman–Crippen MR) is 124 cm³/mol. The quantitative estimate of drug-likeness (QED) is 0.642. The third kappa shape index (κ3) is 3.82. The number of carbonyl (C=O) groups is 1. The van der Waals surface area contributed by atoms with Gasteiger partial charge in [-0.2, -0.15) is 0 Å². The second-order valence-electron chi connectivity index (χ2n) is 9.79. The fourth-order valence-corrected chi connectivity index (χ4v) is 5.43. The smallest absolute Gasteiger partial charge is 0.320 e. The molecule has 4 fully saturated rings. The van der Waals surface area contributed by atoms with Gasteiger partial charge in [0, 0.05) is 89.0 Å². The van der Waals surface area contributed by atoms with Gasteiger partial charge in [-0.15, -0.1) is 0 Å². The van der Waals surface area contributed by atoms with Crippen molar-refractivity contribution >= 4 is 17.7 Å². The van der Waals surface area contributed by atoms with E-state index in [1.54, 1.807) is 24.8 Å². The Labute approximate surface area is 198 Å². The summed E-state index contributed by atoms with van der Waals surface area (Å²) >= 11 is 0. The molecule has 4 saturated heterocycles. The summed E-state index contributed by atoms with van der Waals surface area (Å²) in [5.74, 6) is 2.00. The molecule has 2 aromatic rings. The van der Waals surface area contributed by atoms with Crippen molar-refractivity contribution in [3.63, 3.8) is 0 Å². The van der Waals surface area contributed by atoms with Crippen molar-refractivity contribution in [2.75, 3.05) is 62.2 Å². The molecule has 0 bridgehead atoms. The zero-order valence-electron chi connectivity index (χ0n) is 19.1. The van der Waals surface area contributed by atoms with Gasteiger partial charge in [0.2, 0.25) is 0 Å². The summed E-state index contributed by atoms with van der Waals surface area (Å²) in [5.41, 5.74) is 1.83. The first-order chi connectivity index (χ1) is 16.6. The van der Waals surface area contributed by atoms with E-state index in [0.29, 0.717) is 39.3 Å². The Hall–Kier alpha value is -3.05. The largest absolute Gasteiger partial charge is 0.391 e. The van der Waals surface area contributed by atoms with Gasteiger partial charge in [-0.3, -0.25) is 9.97 Å². The van der Waals surface area contributed by atoms with Gasteiger partial charge >= 0.3 is 6.03 Å². The topological polar surface area (TPSA) is 122 Å². The molecule has 0 radical (unpaired) electrons. The number of β-amino-alcohol motifs (C(OH)–C–C–N with tert-alkyl or cyclic N) is 2. The van der Waals surface area contributed by atoms with Crippen molar-refractivity contribution in [1.82, 2.24) is 29.7 Å². The number of urea groups is 1. The van der Waals surface area contributed by atoms with E-state index in [-0.39, 0.29) is 30.1 Å². The molecule has 6 rings (SSSR count). The molecule has 2 atom stereocenters. The molecule has 11 nitrogen and oxygen atoms in total. The van der Waals surface area contributed by atoms with E-state index in [1.165, 1.54) is 0 Å². The van der Waals surface area contributed by atoms with E-state index in [2.05, 4.69) is 29.7 Å². The van der Waals surface area contributed by atoms with Gasteiger partial charge in [-0.25, -0.2) is 14.8 Å². The predicted octanol–water partition coefficient (Wildman–Crippen LogP) is 0.0272. The number of aliphatic hydroxyl groups is 2. The Bertz CT molecular complexity index is 977. The number of rotatable bonds is 4. The summed E-state index contributed by atoms with van der Waals surface area (Å²) in [6.45, 7) is 5.23. The van der Waals surface area contributed by atoms with Crippen molar-refractivity contribution in [3.05, 3.63) is 36.2 Å². The number of aromatic nitrogens is 4. The first-order valence-electron chi connectivity index (χ1n) is 12.1. The van der Waals surface area contributed by atoms with Crippen LogP contribution in [0.15, 0.2) is 24.8 Å². The normalized spacial score (nSPS) is 25.6. The molecule has 11 heteroatoms. The van der Waals surface area contributed by atoms with Crippen LogP contribution in [-0.2, 0) is 0 Å². The summed E-state index contributed by atoms with van der Waals surface area (Å²) in [4.78, 5) is 39.1. The van der Waals surface area contributed by atoms with Gasteiger partial charge in [-0.1, -0.05) is 0 Å². The summed E-state index contributed by atoms with van der Waals surface area (Å²) in [7, 11) is 0. The molecule has 2 unspecified atom stereocenters. The van der Waals surface area contributed by atoms with Gasteiger partial charge in [0.25, 0.3) is 0 Å². The third-order valence-corrected chi connectivity index (χ3v) is 7.42. The molecule has 4 aliphatic heterocycles. The number of amides is 2. The fourth-order valence-electron chi connectivity index (χ4n) is 5.43. The summed E-state index contributed by atoms with van der Waals surface area (Å²) < 4.78 is 0. The van der Waals surface area contributed by atoms with Crippen molar-refractivity contribution in [2.45, 2.75) is 36.9 Å². The van der Waals surface area contributed by atoms with Gasteiger partial charge in [0.1, 0.15) is 0 Å². The summed E-state index contributed by atoms with van der Waals surface area (Å²) in [5, 5.41) is 19.8. The van der Waals surface area contributed by atoms with E-state index in [1.807, 2.05) is 9.80 Å². The van der Waals surface area contributed by atoms with Crippen LogP contribution in [0.4, 0.5) is 16.4 Å². The average Bonchev–Trinajstić information content (AvgIpc) is 3.41. The molecule has 0 spiro atoms. The minimum Gasteiger partial charge on any atom is -0.391 e. The van der Waals surface area contributed by atoms with Crippen LogP contribution in [-0.4, -0.2) is 111 Å². The Morgan fingerprint density at radius 1 is 0.676 bits per heavy atom. The van der Waals surface area contributed by atoms with E-state index < -0.39 is 0 Å². The van der Waals surface area contributed by atoms with Crippen molar-refractivity contribution < 1.29 is 15.0 Å². The number of hydrogen-bond acceptors (Lipinski definition) is 9. The molecule has 0 aliphatic carbocycles. The second kappa shape index (κ2) is 8.62. The Balaban J connectivity index is 1.06. The maximum atomic E-state index is 13.0. The monoisotopic (exact) mass is 466 g/mol. The first kappa shape index (κ1) is 21.5. The lowest BCUT2D eigenvalue weighted by molar-refractivity contribution is 0.0836. The number of hydrogen-bond donors (Lipinski definition) is 2. The number of carbonyl (C=O) groups excluding carboxylic acids is 1. The van der Waals surface area contributed by atoms with E-state index in [4.69, 9.17) is 0 Å². The van der Waals surface area contributed by atoms with E-state index >= 15 is 0 Å². The average molecular weight is 467 g/mol. The molecule has 180 valence electrons. The molecule has 0 saturated carbocycles. The summed E-state index contributed by atoms with van der Waals surface area (Å²) in [6.07, 6.45) is 7.63. The molecule has 2 amide bonds. The van der Waals surface area contributed by atoms with E-state index in [9.17, 15) is 15.0 Å². The van der Waals surface area contributed by atoms with Gasteiger partial charge < -0.3 is 29.8 Å². The molecule has 2 N–H and O–H groups in total. The Morgan fingerprint density at radius 3 is 1.47 bits per heavy atom. The highest BCUT2D eigenvalue weighted by Crippen LogP contribution is 2.36. The zero-order valence-corrected chi connectivity index (χ0v) is 19.1. The zero-order chi connectivity index (χ0) is 23.2. The standard InChI is InChI=1S/C23H30N8O3/c32-17-1-7-28(13-17)21-19(24-3-5-26-21)15-9-30(10-15)23(34)31-11-16(12-31)20-22(27-6-4-25-20)29-8-2-18(33)14-29/h3-6,15-18,32-33H,1-2,7-14H2. The van der Waals surface area contributed by atoms with Gasteiger partial charge in [0.15, 0.2) is 11.6 Å². The highest BCUT2D eigenvalue weighted by atomic mass is 16.3. The van der Waals surface area contributed by atoms with Gasteiger partial charge in [0.05, 0.1) is 23.6 Å². The van der Waals surface area contributed by atoms with Crippen LogP contribution in [0.5, 0.6) is 0 Å². The van der Waals surface area contributed by atoms with Crippen LogP contribution in [0.3, 0.4) is 0 Å². The second-order valence-corrected chi connectivity index (χ2v) is 9.79. The Morgan fingerprint density at radius 2 is 1.09 bits per heavy atom. The van der Waals surface area contributed by atoms with Crippen LogP contribution in [0.2, 0.25) is 0 Å². The highest BCUT2D eigenvalue weighted by Gasteiger charge is 2.42. The summed E-state index contributed by atoms with van der Waals surface area (Å²) in [6, 6.07) is 0.0524. The molecule has 6 heterocycles. The molecule has 34 heavy (non-hydrogen) atoms. The number of anilines is 2. The number of likely N-dealkylation sites (tertiary alicyclic amines) is 2. The van der Waals surface area contributed by atoms with Crippen molar-refractivity contribution in [3.8, 4) is 0 Å². The van der Waals surface area contributed by atoms with Crippen LogP contribution < -0.4 is 9.80 Å². The van der Waals surface area contributed by atoms with Crippen LogP contribution in [0.25, 0.3) is 0 Å². The lowest BCUT2D eigenvalue weighted by Crippen LogP contribution is -2.59. The molecule has 2 aromatic heterocycles. The minimum absolute atomic E-state index is 0.0524. The maximum Gasteiger partial charge on any atom is 0.320 e. The molecular weight excluding hydrogens is 436 g/mol. The molecular formula is C23H30N8O3. The van der Waals surface area contributed by atoms with Crippen LogP contribution in [0.1, 0.15) is 36.1 Å². The maximum absolute atomic E-state index is 13.0. The lowest BCUT2D eigenvalue weighted by atomic mass is 9.93. The fraction of sp³-hybridized carbons (Fsp3) is 0.609. The Kier molecular flexibility index (Phi) is 5.45. The van der Waals surface area contributed by atoms with Gasteiger partial charge in [-0.05, 0) is 12.8 Å². The molecule has 0 aromatic carbocycles. The van der Waals surface area contributed by atoms with Crippen LogP contribution in [0, 0.1) is 0 Å². The highest BCUT2D eigenvalue weighted by molar-refractivity contribution is 5.77. The van der Waals surface area contributed by atoms with Crippen molar-refractivity contribution in [2.24, 2.45) is 0 Å². The molecule has 4 aliphatic rings. The lowest BCUT2D eigenvalue weighted by Gasteiger charge is -2.47. The number of nitrogens with zero attached hydrogens (tertiary/aromatic N) is 8. The SMILES string of the molecule is O=C(N1CC(c2nccnc2N2CCC(O)C2)C1)N1CC(c2nccnc2N2CCC(O)C2)C1.